The number of rotatable bonds is 20. The van der Waals surface area contributed by atoms with Crippen LogP contribution in [0.4, 0.5) is 0 Å². The Bertz CT molecular complexity index is 997. The number of carbonyl (C=O) groups excluding carboxylic acids is 5. The van der Waals surface area contributed by atoms with E-state index < -0.39 is 104 Å². The van der Waals surface area contributed by atoms with Gasteiger partial charge in [0.1, 0.15) is 30.0 Å². The highest BCUT2D eigenvalue weighted by Gasteiger charge is 2.26. The van der Waals surface area contributed by atoms with E-state index in [9.17, 15) is 53.4 Å². The fraction of sp³-hybridized carbons (Fsp3) is 0.609. The molecule has 0 saturated heterocycles. The summed E-state index contributed by atoms with van der Waals surface area (Å²) in [5, 5.41) is 45.4. The molecule has 0 bridgehead atoms. The van der Waals surface area contributed by atoms with E-state index in [2.05, 4.69) is 21.3 Å². The number of nitrogens with one attached hydrogen (secondary N) is 4. The van der Waals surface area contributed by atoms with Gasteiger partial charge in [-0.2, -0.15) is 0 Å². The van der Waals surface area contributed by atoms with Gasteiger partial charge in [-0.25, -0.2) is 19.2 Å². The lowest BCUT2D eigenvalue weighted by molar-refractivity contribution is -0.144. The quantitative estimate of drug-likeness (QED) is 0.0781. The van der Waals surface area contributed by atoms with Crippen LogP contribution in [0.3, 0.4) is 0 Å². The van der Waals surface area contributed by atoms with Crippen molar-refractivity contribution in [3.63, 3.8) is 0 Å². The summed E-state index contributed by atoms with van der Waals surface area (Å²) in [6, 6.07) is -5.88. The average molecular weight is 575 g/mol. The maximum atomic E-state index is 12.2. The normalized spacial score (nSPS) is 13.4. The number of carboxylic acid groups (broad SMARTS) is 4. The van der Waals surface area contributed by atoms with E-state index in [0.717, 1.165) is 6.92 Å². The number of Topliss-reactive ketones (excluding diaryl/α,β-unsaturated/α-hetero) is 1. The van der Waals surface area contributed by atoms with Crippen LogP contribution in [-0.2, 0) is 43.2 Å². The van der Waals surface area contributed by atoms with Crippen LogP contribution in [-0.4, -0.2) is 97.9 Å². The molecule has 17 nitrogen and oxygen atoms in total. The molecule has 0 rings (SSSR count). The number of amides is 4. The van der Waals surface area contributed by atoms with Crippen molar-refractivity contribution >= 4 is 53.3 Å². The minimum absolute atomic E-state index is 0.0945. The molecule has 4 atom stereocenters. The van der Waals surface area contributed by atoms with Gasteiger partial charge in [-0.05, 0) is 32.6 Å². The highest BCUT2D eigenvalue weighted by atomic mass is 16.4. The summed E-state index contributed by atoms with van der Waals surface area (Å²) in [7, 11) is 0. The molecule has 0 saturated carbocycles. The van der Waals surface area contributed by atoms with Crippen LogP contribution in [0.5, 0.6) is 0 Å². The van der Waals surface area contributed by atoms with E-state index >= 15 is 0 Å². The second-order valence-electron chi connectivity index (χ2n) is 8.82. The van der Waals surface area contributed by atoms with E-state index in [1.165, 1.54) is 6.92 Å². The second-order valence-corrected chi connectivity index (χ2v) is 8.82. The number of carbonyl (C=O) groups is 9. The van der Waals surface area contributed by atoms with Crippen molar-refractivity contribution in [3.8, 4) is 0 Å². The predicted octanol–water partition coefficient (Wildman–Crippen LogP) is -2.01. The number of ketones is 1. The summed E-state index contributed by atoms with van der Waals surface area (Å²) in [4.78, 5) is 104. The van der Waals surface area contributed by atoms with Crippen molar-refractivity contribution in [2.75, 3.05) is 0 Å². The zero-order valence-corrected chi connectivity index (χ0v) is 21.9. The lowest BCUT2D eigenvalue weighted by atomic mass is 10.1. The largest absolute Gasteiger partial charge is 0.480 e. The van der Waals surface area contributed by atoms with Crippen LogP contribution < -0.4 is 21.3 Å². The molecule has 0 aromatic heterocycles. The third-order valence-electron chi connectivity index (χ3n) is 5.34. The Balaban J connectivity index is 4.86. The van der Waals surface area contributed by atoms with Gasteiger partial charge in [-0.3, -0.25) is 19.2 Å². The summed E-state index contributed by atoms with van der Waals surface area (Å²) in [6.45, 7) is 2.33. The molecule has 0 aliphatic heterocycles. The molecule has 0 aromatic carbocycles. The summed E-state index contributed by atoms with van der Waals surface area (Å²) in [6.07, 6.45) is -2.93. The Morgan fingerprint density at radius 1 is 0.450 bits per heavy atom. The molecule has 0 heterocycles. The van der Waals surface area contributed by atoms with Crippen LogP contribution in [0.2, 0.25) is 0 Å². The lowest BCUT2D eigenvalue weighted by Crippen LogP contribution is -2.45. The first-order chi connectivity index (χ1) is 18.5. The molecule has 17 heteroatoms. The minimum Gasteiger partial charge on any atom is -0.480 e. The number of carboxylic acids is 4. The third-order valence-corrected chi connectivity index (χ3v) is 5.34. The SMILES string of the molecule is CC(=O)CC[C@H](NC(=O)CC[C@H](NC(=O)CC[C@H](NC(=O)CC[C@H](NC(C)=O)C(=O)O)C(=O)O)C(=O)O)C(=O)O. The van der Waals surface area contributed by atoms with Crippen molar-refractivity contribution in [2.24, 2.45) is 0 Å². The molecule has 0 radical (unpaired) electrons. The van der Waals surface area contributed by atoms with Gasteiger partial charge >= 0.3 is 23.9 Å². The van der Waals surface area contributed by atoms with Gasteiger partial charge in [-0.1, -0.05) is 0 Å². The van der Waals surface area contributed by atoms with Gasteiger partial charge in [0.25, 0.3) is 0 Å². The van der Waals surface area contributed by atoms with Crippen molar-refractivity contribution in [1.29, 1.82) is 0 Å². The molecule has 224 valence electrons. The Hall–Kier alpha value is -4.57. The van der Waals surface area contributed by atoms with Crippen molar-refractivity contribution in [1.82, 2.24) is 21.3 Å². The number of aliphatic carboxylic acids is 4. The van der Waals surface area contributed by atoms with Crippen LogP contribution in [0.25, 0.3) is 0 Å². The Morgan fingerprint density at radius 3 is 0.925 bits per heavy atom. The molecule has 40 heavy (non-hydrogen) atoms. The fourth-order valence-electron chi connectivity index (χ4n) is 3.25. The second kappa shape index (κ2) is 17.8. The molecule has 0 fully saturated rings. The molecule has 0 unspecified atom stereocenters. The predicted molar refractivity (Wildman–Crippen MR) is 132 cm³/mol. The molecule has 0 aromatic rings. The van der Waals surface area contributed by atoms with E-state index in [4.69, 9.17) is 10.2 Å². The first kappa shape index (κ1) is 35.4. The maximum Gasteiger partial charge on any atom is 0.326 e. The Labute approximate surface area is 228 Å². The number of hydrogen-bond acceptors (Lipinski definition) is 9. The van der Waals surface area contributed by atoms with E-state index in [1.54, 1.807) is 0 Å². The smallest absolute Gasteiger partial charge is 0.326 e. The zero-order chi connectivity index (χ0) is 31.0. The van der Waals surface area contributed by atoms with Crippen LogP contribution in [0, 0.1) is 0 Å². The van der Waals surface area contributed by atoms with Crippen molar-refractivity contribution in [2.45, 2.75) is 89.4 Å². The van der Waals surface area contributed by atoms with Crippen LogP contribution in [0.1, 0.15) is 65.2 Å². The maximum absolute atomic E-state index is 12.2. The van der Waals surface area contributed by atoms with E-state index in [-0.39, 0.29) is 25.0 Å². The van der Waals surface area contributed by atoms with Crippen molar-refractivity contribution in [3.05, 3.63) is 0 Å². The molecular formula is C23H34N4O13. The Kier molecular flexibility index (Phi) is 15.8. The minimum atomic E-state index is -1.57. The van der Waals surface area contributed by atoms with Gasteiger partial charge in [0, 0.05) is 32.6 Å². The highest BCUT2D eigenvalue weighted by Crippen LogP contribution is 2.06. The first-order valence-corrected chi connectivity index (χ1v) is 12.1. The standard InChI is InChI=1S/C23H34N4O13/c1-11(28)3-4-14(21(35)36)25-18(31)9-6-16(23(39)40)27-19(32)10-7-15(22(37)38)26-17(30)8-5-13(20(33)34)24-12(2)29/h13-16H,3-10H2,1-2H3,(H,24,29)(H,25,31)(H,26,30)(H,27,32)(H,33,34)(H,35,36)(H,37,38)(H,39,40)/t13-,14-,15-,16-/m0/s1. The van der Waals surface area contributed by atoms with Gasteiger partial charge < -0.3 is 46.5 Å². The Morgan fingerprint density at radius 2 is 0.700 bits per heavy atom. The van der Waals surface area contributed by atoms with Crippen molar-refractivity contribution < 1.29 is 63.6 Å². The summed E-state index contributed by atoms with van der Waals surface area (Å²) >= 11 is 0. The molecule has 0 spiro atoms. The van der Waals surface area contributed by atoms with Gasteiger partial charge in [0.05, 0.1) is 0 Å². The zero-order valence-electron chi connectivity index (χ0n) is 21.9. The first-order valence-electron chi connectivity index (χ1n) is 12.1. The topological polar surface area (TPSA) is 283 Å². The third kappa shape index (κ3) is 15.6. The molecule has 0 aliphatic rings. The van der Waals surface area contributed by atoms with Crippen LogP contribution >= 0.6 is 0 Å². The highest BCUT2D eigenvalue weighted by molar-refractivity contribution is 5.88. The molecule has 0 aliphatic carbocycles. The summed E-state index contributed by atoms with van der Waals surface area (Å²) in [5.74, 6) is -9.32. The number of hydrogen-bond donors (Lipinski definition) is 8. The summed E-state index contributed by atoms with van der Waals surface area (Å²) in [5.41, 5.74) is 0. The fourth-order valence-corrected chi connectivity index (χ4v) is 3.25. The van der Waals surface area contributed by atoms with Gasteiger partial charge in [0.2, 0.25) is 23.6 Å². The van der Waals surface area contributed by atoms with Crippen LogP contribution in [0.15, 0.2) is 0 Å². The molecule has 8 N–H and O–H groups in total. The monoisotopic (exact) mass is 574 g/mol. The lowest BCUT2D eigenvalue weighted by Gasteiger charge is -2.18. The van der Waals surface area contributed by atoms with Gasteiger partial charge in [0.15, 0.2) is 0 Å². The summed E-state index contributed by atoms with van der Waals surface area (Å²) < 4.78 is 0. The van der Waals surface area contributed by atoms with Gasteiger partial charge in [-0.15, -0.1) is 0 Å². The average Bonchev–Trinajstić information content (AvgIpc) is 2.83. The molecular weight excluding hydrogens is 540 g/mol. The molecule has 4 amide bonds. The van der Waals surface area contributed by atoms with E-state index in [0.29, 0.717) is 0 Å². The van der Waals surface area contributed by atoms with E-state index in [1.807, 2.05) is 0 Å².